The minimum atomic E-state index is -0.451. The zero-order valence-electron chi connectivity index (χ0n) is 10.5. The Labute approximate surface area is 112 Å². The maximum atomic E-state index is 10.3. The van der Waals surface area contributed by atoms with Gasteiger partial charge in [0.15, 0.2) is 0 Å². The number of furan rings is 1. The predicted octanol–water partition coefficient (Wildman–Crippen LogP) is 4.54. The fraction of sp³-hybridized carbons (Fsp3) is 0.714. The van der Waals surface area contributed by atoms with Crippen molar-refractivity contribution in [1.82, 2.24) is 0 Å². The number of aliphatic hydroxyl groups is 1. The SMILES string of the molecule is CC(C)C1CCC(C(O)c2occc2Br)CC1. The summed E-state index contributed by atoms with van der Waals surface area (Å²) in [5, 5.41) is 10.3. The molecule has 1 atom stereocenters. The van der Waals surface area contributed by atoms with E-state index in [0.717, 1.165) is 29.2 Å². The molecule has 1 aliphatic rings. The van der Waals surface area contributed by atoms with Gasteiger partial charge in [0.2, 0.25) is 0 Å². The van der Waals surface area contributed by atoms with Gasteiger partial charge in [0.25, 0.3) is 0 Å². The summed E-state index contributed by atoms with van der Waals surface area (Å²) in [5.74, 6) is 2.65. The highest BCUT2D eigenvalue weighted by Crippen LogP contribution is 2.40. The van der Waals surface area contributed by atoms with Crippen molar-refractivity contribution in [1.29, 1.82) is 0 Å². The lowest BCUT2D eigenvalue weighted by Gasteiger charge is -2.32. The van der Waals surface area contributed by atoms with Crippen LogP contribution in [0, 0.1) is 17.8 Å². The van der Waals surface area contributed by atoms with Gasteiger partial charge in [-0.25, -0.2) is 0 Å². The van der Waals surface area contributed by atoms with Gasteiger partial charge >= 0.3 is 0 Å². The smallest absolute Gasteiger partial charge is 0.146 e. The average Bonchev–Trinajstić information content (AvgIpc) is 2.74. The number of aliphatic hydroxyl groups excluding tert-OH is 1. The van der Waals surface area contributed by atoms with Crippen molar-refractivity contribution in [3.63, 3.8) is 0 Å². The van der Waals surface area contributed by atoms with Crippen LogP contribution < -0.4 is 0 Å². The van der Waals surface area contributed by atoms with Crippen molar-refractivity contribution < 1.29 is 9.52 Å². The van der Waals surface area contributed by atoms with E-state index in [4.69, 9.17) is 4.42 Å². The van der Waals surface area contributed by atoms with Crippen molar-refractivity contribution in [3.8, 4) is 0 Å². The molecule has 0 amide bonds. The summed E-state index contributed by atoms with van der Waals surface area (Å²) in [6, 6.07) is 1.85. The van der Waals surface area contributed by atoms with Gasteiger partial charge in [-0.3, -0.25) is 0 Å². The van der Waals surface area contributed by atoms with Gasteiger partial charge in [0.05, 0.1) is 10.7 Å². The summed E-state index contributed by atoms with van der Waals surface area (Å²) in [6.45, 7) is 4.59. The van der Waals surface area contributed by atoms with Crippen LogP contribution in [0.1, 0.15) is 51.4 Å². The number of halogens is 1. The molecule has 1 heterocycles. The second-order valence-corrected chi connectivity index (χ2v) is 6.35. The Balaban J connectivity index is 1.95. The molecule has 2 rings (SSSR count). The molecule has 0 aliphatic heterocycles. The van der Waals surface area contributed by atoms with Crippen LogP contribution in [-0.2, 0) is 0 Å². The first kappa shape index (κ1) is 13.2. The minimum Gasteiger partial charge on any atom is -0.465 e. The van der Waals surface area contributed by atoms with E-state index in [1.807, 2.05) is 6.07 Å². The van der Waals surface area contributed by atoms with E-state index < -0.39 is 6.10 Å². The van der Waals surface area contributed by atoms with E-state index in [-0.39, 0.29) is 0 Å². The average molecular weight is 301 g/mol. The molecule has 1 fully saturated rings. The van der Waals surface area contributed by atoms with Gasteiger partial charge in [-0.2, -0.15) is 0 Å². The third kappa shape index (κ3) is 2.94. The van der Waals surface area contributed by atoms with Crippen LogP contribution in [0.5, 0.6) is 0 Å². The first-order valence-electron chi connectivity index (χ1n) is 6.50. The maximum absolute atomic E-state index is 10.3. The first-order valence-corrected chi connectivity index (χ1v) is 7.30. The zero-order chi connectivity index (χ0) is 12.4. The van der Waals surface area contributed by atoms with Crippen molar-refractivity contribution in [2.45, 2.75) is 45.6 Å². The van der Waals surface area contributed by atoms with Crippen LogP contribution in [0.15, 0.2) is 21.2 Å². The molecule has 3 heteroatoms. The second-order valence-electron chi connectivity index (χ2n) is 5.50. The van der Waals surface area contributed by atoms with Gasteiger partial charge in [-0.15, -0.1) is 0 Å². The fourth-order valence-electron chi connectivity index (χ4n) is 2.86. The van der Waals surface area contributed by atoms with Crippen molar-refractivity contribution in [2.75, 3.05) is 0 Å². The Morgan fingerprint density at radius 3 is 2.29 bits per heavy atom. The van der Waals surface area contributed by atoms with E-state index in [2.05, 4.69) is 29.8 Å². The molecule has 0 spiro atoms. The number of hydrogen-bond donors (Lipinski definition) is 1. The molecular weight excluding hydrogens is 280 g/mol. The number of rotatable bonds is 3. The molecule has 1 N–H and O–H groups in total. The molecule has 0 aromatic carbocycles. The third-order valence-corrected chi connectivity index (χ3v) is 4.77. The lowest BCUT2D eigenvalue weighted by molar-refractivity contribution is 0.0497. The molecule has 1 unspecified atom stereocenters. The van der Waals surface area contributed by atoms with Gasteiger partial charge in [0.1, 0.15) is 11.9 Å². The standard InChI is InChI=1S/C14H21BrO2/c1-9(2)10-3-5-11(6-4-10)13(16)14-12(15)7-8-17-14/h7-11,13,16H,3-6H2,1-2H3. The van der Waals surface area contributed by atoms with E-state index in [0.29, 0.717) is 11.7 Å². The topological polar surface area (TPSA) is 33.4 Å². The summed E-state index contributed by atoms with van der Waals surface area (Å²) in [5.41, 5.74) is 0. The lowest BCUT2D eigenvalue weighted by atomic mass is 9.75. The Morgan fingerprint density at radius 2 is 1.82 bits per heavy atom. The molecule has 0 saturated heterocycles. The molecule has 96 valence electrons. The summed E-state index contributed by atoms with van der Waals surface area (Å²) < 4.78 is 6.24. The Morgan fingerprint density at radius 1 is 1.24 bits per heavy atom. The molecule has 1 aromatic heterocycles. The number of hydrogen-bond acceptors (Lipinski definition) is 2. The zero-order valence-corrected chi connectivity index (χ0v) is 12.1. The quantitative estimate of drug-likeness (QED) is 0.889. The summed E-state index contributed by atoms with van der Waals surface area (Å²) in [4.78, 5) is 0. The summed E-state index contributed by atoms with van der Waals surface area (Å²) in [7, 11) is 0. The monoisotopic (exact) mass is 300 g/mol. The van der Waals surface area contributed by atoms with Gasteiger partial charge in [-0.05, 0) is 65.4 Å². The van der Waals surface area contributed by atoms with Crippen LogP contribution in [0.4, 0.5) is 0 Å². The van der Waals surface area contributed by atoms with Crippen LogP contribution in [-0.4, -0.2) is 5.11 Å². The predicted molar refractivity (Wildman–Crippen MR) is 71.7 cm³/mol. The van der Waals surface area contributed by atoms with Crippen molar-refractivity contribution in [2.24, 2.45) is 17.8 Å². The molecule has 1 aliphatic carbocycles. The Bertz CT molecular complexity index is 351. The Kier molecular flexibility index (Phi) is 4.31. The van der Waals surface area contributed by atoms with E-state index in [1.165, 1.54) is 12.8 Å². The van der Waals surface area contributed by atoms with Crippen molar-refractivity contribution in [3.05, 3.63) is 22.6 Å². The maximum Gasteiger partial charge on any atom is 0.146 e. The summed E-state index contributed by atoms with van der Waals surface area (Å²) >= 11 is 3.41. The molecule has 0 radical (unpaired) electrons. The highest BCUT2D eigenvalue weighted by molar-refractivity contribution is 9.10. The molecule has 2 nitrogen and oxygen atoms in total. The lowest BCUT2D eigenvalue weighted by Crippen LogP contribution is -2.22. The van der Waals surface area contributed by atoms with Gasteiger partial charge < -0.3 is 9.52 Å². The normalized spacial score (nSPS) is 27.4. The molecular formula is C14H21BrO2. The highest BCUT2D eigenvalue weighted by atomic mass is 79.9. The largest absolute Gasteiger partial charge is 0.465 e. The van der Waals surface area contributed by atoms with Gasteiger partial charge in [0, 0.05) is 0 Å². The minimum absolute atomic E-state index is 0.354. The second kappa shape index (κ2) is 5.57. The third-order valence-electron chi connectivity index (χ3n) is 4.12. The molecule has 0 bridgehead atoms. The van der Waals surface area contributed by atoms with Crippen molar-refractivity contribution >= 4 is 15.9 Å². The highest BCUT2D eigenvalue weighted by Gasteiger charge is 2.30. The van der Waals surface area contributed by atoms with Crippen LogP contribution >= 0.6 is 15.9 Å². The van der Waals surface area contributed by atoms with E-state index in [1.54, 1.807) is 6.26 Å². The molecule has 1 saturated carbocycles. The first-order chi connectivity index (χ1) is 8.09. The van der Waals surface area contributed by atoms with Gasteiger partial charge in [-0.1, -0.05) is 13.8 Å². The van der Waals surface area contributed by atoms with Crippen LogP contribution in [0.25, 0.3) is 0 Å². The molecule has 1 aromatic rings. The van der Waals surface area contributed by atoms with E-state index in [9.17, 15) is 5.11 Å². The van der Waals surface area contributed by atoms with Crippen LogP contribution in [0.3, 0.4) is 0 Å². The summed E-state index contributed by atoms with van der Waals surface area (Å²) in [6.07, 6.45) is 5.86. The molecule has 17 heavy (non-hydrogen) atoms. The fourth-order valence-corrected chi connectivity index (χ4v) is 3.29. The Hall–Kier alpha value is -0.280. The van der Waals surface area contributed by atoms with Crippen LogP contribution in [0.2, 0.25) is 0 Å². The van der Waals surface area contributed by atoms with E-state index >= 15 is 0 Å².